The second-order valence-corrected chi connectivity index (χ2v) is 2.92. The largest absolute Gasteiger partial charge is 0.473 e. The molecule has 0 atom stereocenters. The van der Waals surface area contributed by atoms with E-state index in [-0.39, 0.29) is 5.56 Å². The van der Waals surface area contributed by atoms with Crippen LogP contribution in [0.2, 0.25) is 0 Å². The van der Waals surface area contributed by atoms with Gasteiger partial charge in [-0.15, -0.1) is 0 Å². The van der Waals surface area contributed by atoms with Gasteiger partial charge in [-0.3, -0.25) is 4.79 Å². The number of ether oxygens (including phenoxy) is 1. The van der Waals surface area contributed by atoms with E-state index in [0.717, 1.165) is 12.8 Å². The lowest BCUT2D eigenvalue weighted by Crippen LogP contribution is -2.25. The van der Waals surface area contributed by atoms with Crippen molar-refractivity contribution in [3.63, 3.8) is 0 Å². The van der Waals surface area contributed by atoms with Crippen LogP contribution in [0.1, 0.15) is 19.3 Å². The minimum atomic E-state index is -0.198. The van der Waals surface area contributed by atoms with E-state index in [1.807, 2.05) is 0 Å². The molecule has 0 unspecified atom stereocenters. The Bertz CT molecular complexity index is 297. The van der Waals surface area contributed by atoms with E-state index in [1.165, 1.54) is 18.8 Å². The van der Waals surface area contributed by atoms with Crippen LogP contribution in [-0.4, -0.2) is 16.1 Å². The predicted molar refractivity (Wildman–Crippen MR) is 43.1 cm³/mol. The molecule has 64 valence electrons. The number of aromatic nitrogens is 2. The molecule has 1 aliphatic carbocycles. The molecule has 0 bridgehead atoms. The number of H-pyrrole nitrogens is 1. The molecule has 0 aliphatic heterocycles. The van der Waals surface area contributed by atoms with Gasteiger partial charge < -0.3 is 9.72 Å². The first-order valence-electron chi connectivity index (χ1n) is 4.06. The summed E-state index contributed by atoms with van der Waals surface area (Å²) in [6.45, 7) is 0. The van der Waals surface area contributed by atoms with Gasteiger partial charge in [0.15, 0.2) is 0 Å². The summed E-state index contributed by atoms with van der Waals surface area (Å²) in [6, 6.07) is 0. The van der Waals surface area contributed by atoms with E-state index in [1.54, 1.807) is 0 Å². The Morgan fingerprint density at radius 3 is 2.92 bits per heavy atom. The van der Waals surface area contributed by atoms with Crippen LogP contribution in [0.5, 0.6) is 5.88 Å². The highest BCUT2D eigenvalue weighted by Crippen LogP contribution is 2.22. The normalized spacial score (nSPS) is 17.0. The number of rotatable bonds is 2. The summed E-state index contributed by atoms with van der Waals surface area (Å²) in [6.07, 6.45) is 6.47. The van der Waals surface area contributed by atoms with Crippen molar-refractivity contribution in [3.05, 3.63) is 22.7 Å². The Morgan fingerprint density at radius 1 is 1.58 bits per heavy atom. The third kappa shape index (κ3) is 1.47. The maximum atomic E-state index is 10.6. The average molecular weight is 166 g/mol. The van der Waals surface area contributed by atoms with Crippen LogP contribution in [0.4, 0.5) is 0 Å². The van der Waals surface area contributed by atoms with Crippen molar-refractivity contribution in [3.8, 4) is 5.88 Å². The van der Waals surface area contributed by atoms with E-state index < -0.39 is 0 Å². The number of nitrogens with one attached hydrogen (secondary N) is 1. The molecule has 1 fully saturated rings. The molecule has 1 aromatic rings. The molecular weight excluding hydrogens is 156 g/mol. The van der Waals surface area contributed by atoms with E-state index >= 15 is 0 Å². The summed E-state index contributed by atoms with van der Waals surface area (Å²) >= 11 is 0. The van der Waals surface area contributed by atoms with E-state index in [9.17, 15) is 4.79 Å². The van der Waals surface area contributed by atoms with Crippen molar-refractivity contribution >= 4 is 0 Å². The molecule has 0 radical (unpaired) electrons. The lowest BCUT2D eigenvalue weighted by Gasteiger charge is -2.25. The van der Waals surface area contributed by atoms with Crippen LogP contribution in [0.3, 0.4) is 0 Å². The van der Waals surface area contributed by atoms with Crippen molar-refractivity contribution in [2.24, 2.45) is 0 Å². The zero-order valence-electron chi connectivity index (χ0n) is 6.62. The van der Waals surface area contributed by atoms with Crippen LogP contribution < -0.4 is 10.3 Å². The monoisotopic (exact) mass is 166 g/mol. The summed E-state index contributed by atoms with van der Waals surface area (Å²) in [4.78, 5) is 17.0. The quantitative estimate of drug-likeness (QED) is 0.703. The first-order chi connectivity index (χ1) is 5.84. The molecule has 0 spiro atoms. The van der Waals surface area contributed by atoms with Crippen LogP contribution in [0, 0.1) is 0 Å². The molecular formula is C8H10N2O2. The van der Waals surface area contributed by atoms with Crippen molar-refractivity contribution < 1.29 is 4.74 Å². The van der Waals surface area contributed by atoms with Crippen LogP contribution in [0.25, 0.3) is 0 Å². The third-order valence-electron chi connectivity index (χ3n) is 1.99. The lowest BCUT2D eigenvalue weighted by atomic mass is 9.96. The fourth-order valence-corrected chi connectivity index (χ4v) is 1.05. The van der Waals surface area contributed by atoms with Gasteiger partial charge in [-0.2, -0.15) is 0 Å². The summed E-state index contributed by atoms with van der Waals surface area (Å²) in [5.74, 6) is 0.513. The molecule has 1 heterocycles. The molecule has 1 N–H and O–H groups in total. The Balaban J connectivity index is 2.03. The Hall–Kier alpha value is -1.32. The van der Waals surface area contributed by atoms with Gasteiger partial charge in [0.2, 0.25) is 5.88 Å². The van der Waals surface area contributed by atoms with Crippen LogP contribution in [-0.2, 0) is 0 Å². The molecule has 2 rings (SSSR count). The molecule has 4 heteroatoms. The zero-order chi connectivity index (χ0) is 8.39. The minimum Gasteiger partial charge on any atom is -0.473 e. The Labute approximate surface area is 69.6 Å². The van der Waals surface area contributed by atoms with Gasteiger partial charge in [0.05, 0.1) is 12.4 Å². The topological polar surface area (TPSA) is 55.0 Å². The third-order valence-corrected chi connectivity index (χ3v) is 1.99. The minimum absolute atomic E-state index is 0.198. The molecule has 4 nitrogen and oxygen atoms in total. The number of aromatic amines is 1. The van der Waals surface area contributed by atoms with Crippen molar-refractivity contribution in [2.75, 3.05) is 0 Å². The van der Waals surface area contributed by atoms with E-state index in [4.69, 9.17) is 4.74 Å². The summed E-state index contributed by atoms with van der Waals surface area (Å²) in [5, 5.41) is 0. The van der Waals surface area contributed by atoms with E-state index in [0.29, 0.717) is 12.0 Å². The number of hydrogen-bond donors (Lipinski definition) is 1. The summed E-state index contributed by atoms with van der Waals surface area (Å²) < 4.78 is 5.42. The molecule has 12 heavy (non-hydrogen) atoms. The van der Waals surface area contributed by atoms with Crippen LogP contribution >= 0.6 is 0 Å². The maximum absolute atomic E-state index is 10.6. The van der Waals surface area contributed by atoms with Gasteiger partial charge >= 0.3 is 0 Å². The molecule has 0 aromatic carbocycles. The predicted octanol–water partition coefficient (Wildman–Crippen LogP) is 0.701. The van der Waals surface area contributed by atoms with E-state index in [2.05, 4.69) is 9.97 Å². The maximum Gasteiger partial charge on any atom is 0.266 e. The Morgan fingerprint density at radius 2 is 2.42 bits per heavy atom. The smallest absolute Gasteiger partial charge is 0.266 e. The van der Waals surface area contributed by atoms with Crippen molar-refractivity contribution in [1.82, 2.24) is 9.97 Å². The fourth-order valence-electron chi connectivity index (χ4n) is 1.05. The number of nitrogens with zero attached hydrogens (tertiary/aromatic N) is 1. The second kappa shape index (κ2) is 2.97. The Kier molecular flexibility index (Phi) is 1.81. The highest BCUT2D eigenvalue weighted by atomic mass is 16.5. The molecule has 1 aromatic heterocycles. The molecule has 1 aliphatic rings. The first-order valence-corrected chi connectivity index (χ1v) is 4.06. The summed E-state index contributed by atoms with van der Waals surface area (Å²) in [7, 11) is 0. The number of hydrogen-bond acceptors (Lipinski definition) is 3. The van der Waals surface area contributed by atoms with Gasteiger partial charge in [0.1, 0.15) is 6.10 Å². The van der Waals surface area contributed by atoms with Gasteiger partial charge in [-0.05, 0) is 19.3 Å². The molecule has 1 saturated carbocycles. The highest BCUT2D eigenvalue weighted by molar-refractivity contribution is 5.02. The summed E-state index contributed by atoms with van der Waals surface area (Å²) in [5.41, 5.74) is -0.198. The van der Waals surface area contributed by atoms with Gasteiger partial charge in [-0.1, -0.05) is 0 Å². The van der Waals surface area contributed by atoms with Gasteiger partial charge in [0, 0.05) is 0 Å². The van der Waals surface area contributed by atoms with Crippen LogP contribution in [0.15, 0.2) is 17.2 Å². The standard InChI is InChI=1S/C8H10N2O2/c11-7-4-10-8(5-9-7)12-6-2-1-3-6/h4-6H,1-3H2,(H,9,11). The fraction of sp³-hybridized carbons (Fsp3) is 0.500. The molecule has 0 amide bonds. The van der Waals surface area contributed by atoms with Crippen molar-refractivity contribution in [2.45, 2.75) is 25.4 Å². The second-order valence-electron chi connectivity index (χ2n) is 2.92. The van der Waals surface area contributed by atoms with Gasteiger partial charge in [0.25, 0.3) is 5.56 Å². The van der Waals surface area contributed by atoms with Crippen molar-refractivity contribution in [1.29, 1.82) is 0 Å². The molecule has 0 saturated heterocycles. The highest BCUT2D eigenvalue weighted by Gasteiger charge is 2.19. The average Bonchev–Trinajstić information content (AvgIpc) is 2.00. The van der Waals surface area contributed by atoms with Gasteiger partial charge in [-0.25, -0.2) is 4.98 Å². The first kappa shape index (κ1) is 7.34. The lowest BCUT2D eigenvalue weighted by molar-refractivity contribution is 0.114. The zero-order valence-corrected chi connectivity index (χ0v) is 6.62. The SMILES string of the molecule is O=c1cnc(OC2CCC2)c[nH]1.